The highest BCUT2D eigenvalue weighted by molar-refractivity contribution is 8.16. The van der Waals surface area contributed by atoms with Crippen molar-refractivity contribution in [2.75, 3.05) is 16.4 Å². The number of rotatable bonds is 4. The third-order valence-corrected chi connectivity index (χ3v) is 8.45. The highest BCUT2D eigenvalue weighted by Crippen LogP contribution is 2.41. The Morgan fingerprint density at radius 3 is 2.69 bits per heavy atom. The van der Waals surface area contributed by atoms with Crippen molar-refractivity contribution in [3.63, 3.8) is 0 Å². The molecule has 0 aromatic heterocycles. The number of anilines is 1. The number of sulfone groups is 1. The number of benzene rings is 2. The Morgan fingerprint density at radius 2 is 1.97 bits per heavy atom. The number of nitrogens with zero attached hydrogens (tertiary/aromatic N) is 2. The Morgan fingerprint density at radius 1 is 1.21 bits per heavy atom. The average molecular weight is 453 g/mol. The second-order valence-corrected chi connectivity index (χ2v) is 10.8. The summed E-state index contributed by atoms with van der Waals surface area (Å²) in [5.41, 5.74) is 1.48. The number of hydrogen-bond acceptors (Lipinski definition) is 4. The number of fused-ring (bicyclic) bond motifs is 1. The van der Waals surface area contributed by atoms with Crippen LogP contribution in [0.15, 0.2) is 53.5 Å². The van der Waals surface area contributed by atoms with Gasteiger partial charge in [-0.3, -0.25) is 4.79 Å². The molecular weight excluding hydrogens is 435 g/mol. The van der Waals surface area contributed by atoms with E-state index in [4.69, 9.17) is 11.6 Å². The molecular formula is C20H18ClFN2O3S2. The molecule has 0 aliphatic carbocycles. The number of carbonyl (C=O) groups is 1. The molecule has 29 heavy (non-hydrogen) atoms. The van der Waals surface area contributed by atoms with Crippen LogP contribution in [0.2, 0.25) is 5.02 Å². The topological polar surface area (TPSA) is 66.8 Å². The minimum absolute atomic E-state index is 0.0198. The Balaban J connectivity index is 1.59. The molecule has 0 radical (unpaired) electrons. The summed E-state index contributed by atoms with van der Waals surface area (Å²) in [6, 6.07) is 13.5. The molecule has 2 atom stereocenters. The Bertz CT molecular complexity index is 1080. The number of hydrogen-bond donors (Lipinski definition) is 0. The van der Waals surface area contributed by atoms with Crippen LogP contribution in [0.1, 0.15) is 12.0 Å². The van der Waals surface area contributed by atoms with Crippen LogP contribution >= 0.6 is 23.4 Å². The third kappa shape index (κ3) is 4.49. The summed E-state index contributed by atoms with van der Waals surface area (Å²) in [5, 5.41) is 0.155. The van der Waals surface area contributed by atoms with E-state index in [1.807, 2.05) is 30.3 Å². The minimum Gasteiger partial charge on any atom is -0.315 e. The molecule has 5 nitrogen and oxygen atoms in total. The van der Waals surface area contributed by atoms with Crippen LogP contribution in [-0.2, 0) is 21.1 Å². The molecule has 2 aliphatic heterocycles. The van der Waals surface area contributed by atoms with Crippen molar-refractivity contribution in [3.05, 3.63) is 64.9 Å². The first-order valence-corrected chi connectivity index (χ1v) is 12.2. The number of amidine groups is 1. The lowest BCUT2D eigenvalue weighted by atomic mass is 10.1. The van der Waals surface area contributed by atoms with E-state index in [1.165, 1.54) is 23.9 Å². The summed E-state index contributed by atoms with van der Waals surface area (Å²) in [4.78, 5) is 18.4. The van der Waals surface area contributed by atoms with Crippen molar-refractivity contribution in [3.8, 4) is 0 Å². The number of aliphatic imine (C=N–C) groups is 1. The summed E-state index contributed by atoms with van der Waals surface area (Å²) in [6.07, 6.45) is 0.808. The molecule has 2 aliphatic rings. The van der Waals surface area contributed by atoms with Crippen LogP contribution in [0.25, 0.3) is 0 Å². The smallest absolute Gasteiger partial charge is 0.248 e. The van der Waals surface area contributed by atoms with Crippen molar-refractivity contribution in [1.29, 1.82) is 0 Å². The van der Waals surface area contributed by atoms with E-state index in [-0.39, 0.29) is 40.1 Å². The van der Waals surface area contributed by atoms with Crippen LogP contribution < -0.4 is 4.90 Å². The Kier molecular flexibility index (Phi) is 5.68. The number of aryl methyl sites for hydroxylation is 1. The van der Waals surface area contributed by atoms with Gasteiger partial charge in [0.1, 0.15) is 5.82 Å². The summed E-state index contributed by atoms with van der Waals surface area (Å²) in [6.45, 7) is 0. The zero-order valence-electron chi connectivity index (χ0n) is 15.3. The van der Waals surface area contributed by atoms with E-state index in [2.05, 4.69) is 4.99 Å². The van der Waals surface area contributed by atoms with Crippen LogP contribution in [0.3, 0.4) is 0 Å². The number of carbonyl (C=O) groups excluding carboxylic acids is 1. The van der Waals surface area contributed by atoms with Gasteiger partial charge < -0.3 is 4.90 Å². The summed E-state index contributed by atoms with van der Waals surface area (Å²) in [7, 11) is -3.19. The second kappa shape index (κ2) is 8.08. The first-order valence-electron chi connectivity index (χ1n) is 9.09. The van der Waals surface area contributed by atoms with Crippen molar-refractivity contribution in [1.82, 2.24) is 0 Å². The molecule has 1 amide bonds. The van der Waals surface area contributed by atoms with Crippen molar-refractivity contribution < 1.29 is 17.6 Å². The lowest BCUT2D eigenvalue weighted by Crippen LogP contribution is -2.37. The van der Waals surface area contributed by atoms with Gasteiger partial charge in [0.25, 0.3) is 0 Å². The molecule has 2 aromatic rings. The molecule has 2 aromatic carbocycles. The molecule has 0 bridgehead atoms. The molecule has 0 unspecified atom stereocenters. The highest BCUT2D eigenvalue weighted by Gasteiger charge is 2.49. The maximum Gasteiger partial charge on any atom is 0.248 e. The van der Waals surface area contributed by atoms with Crippen molar-refractivity contribution >= 4 is 50.0 Å². The van der Waals surface area contributed by atoms with Gasteiger partial charge in [-0.1, -0.05) is 53.7 Å². The predicted molar refractivity (Wildman–Crippen MR) is 115 cm³/mol. The fourth-order valence-electron chi connectivity index (χ4n) is 3.56. The molecule has 2 saturated heterocycles. The van der Waals surface area contributed by atoms with Crippen molar-refractivity contribution in [2.45, 2.75) is 24.1 Å². The number of amides is 1. The van der Waals surface area contributed by atoms with Gasteiger partial charge in [-0.15, -0.1) is 0 Å². The van der Waals surface area contributed by atoms with Crippen LogP contribution in [0, 0.1) is 5.82 Å². The first kappa shape index (κ1) is 20.4. The van der Waals surface area contributed by atoms with Gasteiger partial charge in [-0.05, 0) is 30.2 Å². The Hall–Kier alpha value is -1.90. The molecule has 152 valence electrons. The molecule has 0 N–H and O–H groups in total. The van der Waals surface area contributed by atoms with E-state index < -0.39 is 15.7 Å². The van der Waals surface area contributed by atoms with Gasteiger partial charge in [0.2, 0.25) is 5.91 Å². The molecule has 2 heterocycles. The van der Waals surface area contributed by atoms with E-state index in [1.54, 1.807) is 11.0 Å². The van der Waals surface area contributed by atoms with Gasteiger partial charge in [0.15, 0.2) is 15.0 Å². The van der Waals surface area contributed by atoms with Crippen LogP contribution in [-0.4, -0.2) is 42.3 Å². The summed E-state index contributed by atoms with van der Waals surface area (Å²) < 4.78 is 38.2. The van der Waals surface area contributed by atoms with Gasteiger partial charge >= 0.3 is 0 Å². The van der Waals surface area contributed by atoms with Gasteiger partial charge in [0.05, 0.1) is 22.6 Å². The fraction of sp³-hybridized carbons (Fsp3) is 0.300. The third-order valence-electron chi connectivity index (χ3n) is 4.94. The SMILES string of the molecule is O=C(CCc1ccccc1)N=C1S[C@H]2CS(=O)(=O)C[C@@H]2N1c1ccc(Cl)c(F)c1. The predicted octanol–water partition coefficient (Wildman–Crippen LogP) is 3.71. The average Bonchev–Trinajstić information content (AvgIpc) is 3.14. The maximum atomic E-state index is 14.0. The number of halogens is 2. The standard InChI is InChI=1S/C20H18ClFN2O3S2/c21-15-8-7-14(10-16(15)22)24-17-11-29(26,27)12-18(17)28-20(24)23-19(25)9-6-13-4-2-1-3-5-13/h1-5,7-8,10,17-18H,6,9,11-12H2/t17-,18-/m0/s1. The van der Waals surface area contributed by atoms with E-state index >= 15 is 0 Å². The Labute approximate surface area is 177 Å². The monoisotopic (exact) mass is 452 g/mol. The molecule has 0 saturated carbocycles. The fourth-order valence-corrected chi connectivity index (χ4v) is 7.61. The summed E-state index contributed by atoms with van der Waals surface area (Å²) >= 11 is 7.05. The quantitative estimate of drug-likeness (QED) is 0.707. The zero-order valence-corrected chi connectivity index (χ0v) is 17.7. The second-order valence-electron chi connectivity index (χ2n) is 7.04. The lowest BCUT2D eigenvalue weighted by molar-refractivity contribution is -0.117. The van der Waals surface area contributed by atoms with Crippen LogP contribution in [0.5, 0.6) is 0 Å². The molecule has 4 rings (SSSR count). The van der Waals surface area contributed by atoms with Gasteiger partial charge in [-0.2, -0.15) is 4.99 Å². The summed E-state index contributed by atoms with van der Waals surface area (Å²) in [5.74, 6) is -0.926. The molecule has 9 heteroatoms. The maximum absolute atomic E-state index is 14.0. The van der Waals surface area contributed by atoms with E-state index in [0.29, 0.717) is 17.3 Å². The van der Waals surface area contributed by atoms with Crippen molar-refractivity contribution in [2.24, 2.45) is 4.99 Å². The number of thioether (sulfide) groups is 1. The zero-order chi connectivity index (χ0) is 20.6. The largest absolute Gasteiger partial charge is 0.315 e. The lowest BCUT2D eigenvalue weighted by Gasteiger charge is -2.24. The minimum atomic E-state index is -3.19. The normalized spacial score (nSPS) is 24.1. The highest BCUT2D eigenvalue weighted by atomic mass is 35.5. The van der Waals surface area contributed by atoms with E-state index in [9.17, 15) is 17.6 Å². The first-order chi connectivity index (χ1) is 13.8. The van der Waals surface area contributed by atoms with Gasteiger partial charge in [0, 0.05) is 17.4 Å². The molecule has 0 spiro atoms. The molecule has 2 fully saturated rings. The van der Waals surface area contributed by atoms with E-state index in [0.717, 1.165) is 5.56 Å². The van der Waals surface area contributed by atoms with Gasteiger partial charge in [-0.25, -0.2) is 12.8 Å². The van der Waals surface area contributed by atoms with Crippen LogP contribution in [0.4, 0.5) is 10.1 Å².